The van der Waals surface area contributed by atoms with Crippen molar-refractivity contribution in [2.75, 3.05) is 6.54 Å². The van der Waals surface area contributed by atoms with Gasteiger partial charge in [-0.1, -0.05) is 21.6 Å². The summed E-state index contributed by atoms with van der Waals surface area (Å²) in [6.45, 7) is 2.16. The molecule has 1 aliphatic rings. The van der Waals surface area contributed by atoms with Crippen LogP contribution in [0.25, 0.3) is 0 Å². The van der Waals surface area contributed by atoms with E-state index in [0.29, 0.717) is 6.54 Å². The fourth-order valence-electron chi connectivity index (χ4n) is 0.343. The molecule has 52 valence electrons. The molecule has 5 heteroatoms. The average molecular weight is 181 g/mol. The molecule has 0 radical (unpaired) electrons. The van der Waals surface area contributed by atoms with Crippen molar-refractivity contribution in [1.82, 2.24) is 5.32 Å². The van der Waals surface area contributed by atoms with Gasteiger partial charge in [-0.15, -0.1) is 12.6 Å². The molecule has 0 aromatic heterocycles. The predicted molar refractivity (Wildman–Crippen MR) is 45.6 cm³/mol. The second kappa shape index (κ2) is 2.64. The average Bonchev–Trinajstić information content (AvgIpc) is 2.45. The molecule has 0 aromatic carbocycles. The SMILES string of the molecule is CC(=O)NCC1(S)SS1. The summed E-state index contributed by atoms with van der Waals surface area (Å²) in [6.07, 6.45) is 0. The number of hydrogen-bond acceptors (Lipinski definition) is 4. The number of rotatable bonds is 2. The Morgan fingerprint density at radius 3 is 2.67 bits per heavy atom. The highest BCUT2D eigenvalue weighted by molar-refractivity contribution is 8.97. The summed E-state index contributed by atoms with van der Waals surface area (Å²) in [4.78, 5) is 10.4. The van der Waals surface area contributed by atoms with E-state index < -0.39 is 0 Å². The van der Waals surface area contributed by atoms with E-state index in [1.807, 2.05) is 0 Å². The Bertz CT molecular complexity index is 134. The minimum Gasteiger partial charge on any atom is -0.353 e. The van der Waals surface area contributed by atoms with Crippen LogP contribution in [-0.4, -0.2) is 15.9 Å². The van der Waals surface area contributed by atoms with Crippen molar-refractivity contribution in [2.45, 2.75) is 10.3 Å². The molecule has 0 aromatic rings. The molecule has 0 spiro atoms. The molecule has 1 N–H and O–H groups in total. The third-order valence-corrected chi connectivity index (χ3v) is 4.83. The molecule has 1 fully saturated rings. The van der Waals surface area contributed by atoms with E-state index in [1.165, 1.54) is 6.92 Å². The Hall–Kier alpha value is 0.520. The highest BCUT2D eigenvalue weighted by atomic mass is 33.2. The molecular weight excluding hydrogens is 174 g/mol. The van der Waals surface area contributed by atoms with E-state index in [2.05, 4.69) is 17.9 Å². The summed E-state index contributed by atoms with van der Waals surface area (Å²) in [5, 5.41) is 2.69. The molecule has 1 amide bonds. The largest absolute Gasteiger partial charge is 0.353 e. The van der Waals surface area contributed by atoms with Crippen LogP contribution in [0, 0.1) is 0 Å². The van der Waals surface area contributed by atoms with Crippen LogP contribution in [0.2, 0.25) is 0 Å². The topological polar surface area (TPSA) is 29.1 Å². The van der Waals surface area contributed by atoms with Gasteiger partial charge in [-0.2, -0.15) is 0 Å². The highest BCUT2D eigenvalue weighted by Crippen LogP contribution is 2.66. The van der Waals surface area contributed by atoms with Gasteiger partial charge in [0.25, 0.3) is 0 Å². The second-order valence-electron chi connectivity index (χ2n) is 1.79. The smallest absolute Gasteiger partial charge is 0.216 e. The molecule has 0 saturated carbocycles. The first-order chi connectivity index (χ1) is 4.12. The summed E-state index contributed by atoms with van der Waals surface area (Å²) in [7, 11) is 3.36. The van der Waals surface area contributed by atoms with Crippen molar-refractivity contribution >= 4 is 40.1 Å². The van der Waals surface area contributed by atoms with Gasteiger partial charge in [-0.05, 0) is 0 Å². The lowest BCUT2D eigenvalue weighted by atomic mass is 10.6. The number of nitrogens with one attached hydrogen (secondary N) is 1. The van der Waals surface area contributed by atoms with Gasteiger partial charge in [0.2, 0.25) is 5.91 Å². The summed E-state index contributed by atoms with van der Waals surface area (Å²) < 4.78 is -0.0222. The van der Waals surface area contributed by atoms with Crippen LogP contribution in [0.15, 0.2) is 0 Å². The van der Waals surface area contributed by atoms with E-state index in [9.17, 15) is 4.79 Å². The zero-order valence-electron chi connectivity index (χ0n) is 4.88. The molecule has 0 atom stereocenters. The van der Waals surface area contributed by atoms with Crippen LogP contribution >= 0.6 is 34.2 Å². The molecule has 0 aliphatic carbocycles. The molecule has 2 nitrogen and oxygen atoms in total. The molecular formula is C4H7NOS3. The van der Waals surface area contributed by atoms with Crippen LogP contribution in [0.1, 0.15) is 6.92 Å². The fraction of sp³-hybridized carbons (Fsp3) is 0.750. The Morgan fingerprint density at radius 1 is 1.78 bits per heavy atom. The van der Waals surface area contributed by atoms with Gasteiger partial charge in [-0.3, -0.25) is 4.79 Å². The molecule has 1 saturated heterocycles. The summed E-state index contributed by atoms with van der Waals surface area (Å²) in [6, 6.07) is 0. The Kier molecular flexibility index (Phi) is 2.23. The lowest BCUT2D eigenvalue weighted by Crippen LogP contribution is -2.27. The second-order valence-corrected chi connectivity index (χ2v) is 6.14. The lowest BCUT2D eigenvalue weighted by molar-refractivity contribution is -0.118. The molecule has 9 heavy (non-hydrogen) atoms. The van der Waals surface area contributed by atoms with Gasteiger partial charge in [0.15, 0.2) is 0 Å². The summed E-state index contributed by atoms with van der Waals surface area (Å²) in [5.74, 6) is 0.0107. The minimum atomic E-state index is -0.0222. The Balaban J connectivity index is 2.12. The summed E-state index contributed by atoms with van der Waals surface area (Å²) >= 11 is 4.25. The van der Waals surface area contributed by atoms with E-state index in [4.69, 9.17) is 0 Å². The van der Waals surface area contributed by atoms with Gasteiger partial charge in [0.1, 0.15) is 3.41 Å². The first kappa shape index (κ1) is 7.63. The van der Waals surface area contributed by atoms with Crippen molar-refractivity contribution in [3.05, 3.63) is 0 Å². The van der Waals surface area contributed by atoms with Crippen molar-refractivity contribution in [1.29, 1.82) is 0 Å². The van der Waals surface area contributed by atoms with E-state index >= 15 is 0 Å². The summed E-state index contributed by atoms with van der Waals surface area (Å²) in [5.41, 5.74) is 0. The number of carbonyl (C=O) groups excluding carboxylic acids is 1. The van der Waals surface area contributed by atoms with Crippen LogP contribution in [-0.2, 0) is 4.79 Å². The fourth-order valence-corrected chi connectivity index (χ4v) is 1.76. The number of hydrogen-bond donors (Lipinski definition) is 2. The molecule has 0 bridgehead atoms. The standard InChI is InChI=1S/C4H7NOS3/c1-3(6)5-2-4(7)8-9-4/h7H,2H2,1H3,(H,5,6). The van der Waals surface area contributed by atoms with Gasteiger partial charge in [0.05, 0.1) is 6.54 Å². The van der Waals surface area contributed by atoms with Crippen LogP contribution in [0.3, 0.4) is 0 Å². The maximum Gasteiger partial charge on any atom is 0.216 e. The third kappa shape index (κ3) is 2.73. The number of thiol groups is 1. The normalized spacial score (nSPS) is 21.1. The van der Waals surface area contributed by atoms with Gasteiger partial charge >= 0.3 is 0 Å². The van der Waals surface area contributed by atoms with Crippen molar-refractivity contribution < 1.29 is 4.79 Å². The highest BCUT2D eigenvalue weighted by Gasteiger charge is 2.42. The molecule has 0 unspecified atom stereocenters. The van der Waals surface area contributed by atoms with E-state index in [0.717, 1.165) is 0 Å². The molecule has 1 heterocycles. The monoisotopic (exact) mass is 181 g/mol. The molecule has 1 rings (SSSR count). The Morgan fingerprint density at radius 2 is 2.33 bits per heavy atom. The number of carbonyl (C=O) groups is 1. The third-order valence-electron chi connectivity index (χ3n) is 0.836. The maximum absolute atomic E-state index is 10.4. The van der Waals surface area contributed by atoms with Crippen molar-refractivity contribution in [3.8, 4) is 0 Å². The zero-order valence-corrected chi connectivity index (χ0v) is 7.41. The quantitative estimate of drug-likeness (QED) is 0.380. The maximum atomic E-state index is 10.4. The molecule has 1 aliphatic heterocycles. The predicted octanol–water partition coefficient (Wildman–Crippen LogP) is 1.10. The van der Waals surface area contributed by atoms with Crippen LogP contribution in [0.4, 0.5) is 0 Å². The van der Waals surface area contributed by atoms with E-state index in [1.54, 1.807) is 21.6 Å². The van der Waals surface area contributed by atoms with Gasteiger partial charge in [0, 0.05) is 6.92 Å². The van der Waals surface area contributed by atoms with Crippen molar-refractivity contribution in [2.24, 2.45) is 0 Å². The van der Waals surface area contributed by atoms with Crippen LogP contribution in [0.5, 0.6) is 0 Å². The Labute approximate surface area is 67.3 Å². The van der Waals surface area contributed by atoms with Crippen LogP contribution < -0.4 is 5.32 Å². The number of amides is 1. The van der Waals surface area contributed by atoms with Crippen molar-refractivity contribution in [3.63, 3.8) is 0 Å². The van der Waals surface area contributed by atoms with Gasteiger partial charge < -0.3 is 5.32 Å². The minimum absolute atomic E-state index is 0.0107. The first-order valence-electron chi connectivity index (χ1n) is 2.46. The lowest BCUT2D eigenvalue weighted by Gasteiger charge is -2.02. The zero-order chi connectivity index (χ0) is 6.91. The first-order valence-corrected chi connectivity index (χ1v) is 5.06. The van der Waals surface area contributed by atoms with E-state index in [-0.39, 0.29) is 9.32 Å². The van der Waals surface area contributed by atoms with Gasteiger partial charge in [-0.25, -0.2) is 0 Å².